The fourth-order valence-electron chi connectivity index (χ4n) is 4.95. The lowest BCUT2D eigenvalue weighted by molar-refractivity contribution is -0.0620. The molecule has 0 aromatic heterocycles. The second-order valence-electron chi connectivity index (χ2n) is 13.9. The van der Waals surface area contributed by atoms with E-state index in [9.17, 15) is 0 Å². The van der Waals surface area contributed by atoms with E-state index in [1.165, 1.54) is 0 Å². The molecule has 0 radical (unpaired) electrons. The maximum Gasteiger partial charge on any atom is 0.0701 e. The zero-order chi connectivity index (χ0) is 45.6. The molecule has 0 spiro atoms. The Morgan fingerprint density at radius 1 is 0.238 bits per heavy atom. The maximum absolute atomic E-state index is 6.25. The minimum atomic E-state index is -0.0502. The predicted octanol–water partition coefficient (Wildman–Crippen LogP) is 1.69. The highest BCUT2D eigenvalue weighted by Gasteiger charge is 2.17. The molecule has 0 unspecified atom stereocenters. The van der Waals surface area contributed by atoms with Gasteiger partial charge in [0.15, 0.2) is 0 Å². The van der Waals surface area contributed by atoms with Gasteiger partial charge in [-0.3, -0.25) is 0 Å². The third-order valence-corrected chi connectivity index (χ3v) is 8.28. The van der Waals surface area contributed by atoms with E-state index < -0.39 is 0 Å². The van der Waals surface area contributed by atoms with E-state index in [2.05, 4.69) is 5.92 Å². The molecule has 0 aromatic rings. The van der Waals surface area contributed by atoms with Gasteiger partial charge >= 0.3 is 0 Å². The second-order valence-corrected chi connectivity index (χ2v) is 13.9. The van der Waals surface area contributed by atoms with Gasteiger partial charge in [-0.05, 0) is 0 Å². The Morgan fingerprint density at radius 2 is 0.413 bits per heavy atom. The van der Waals surface area contributed by atoms with Crippen LogP contribution in [-0.4, -0.2) is 253 Å². The topological polar surface area (TPSA) is 175 Å². The van der Waals surface area contributed by atoms with Crippen LogP contribution in [0.15, 0.2) is 0 Å². The smallest absolute Gasteiger partial charge is 0.0701 e. The van der Waals surface area contributed by atoms with Crippen molar-refractivity contribution >= 4 is 0 Å². The van der Waals surface area contributed by atoms with Crippen LogP contribution in [0.3, 0.4) is 0 Å². The SMILES string of the molecule is C#CCCOCC(COCC(COCCOCCOCCOC)COCCOCCOCCOC)COCC(COCCOCCOCCOC)COCCOCCOCCOC. The third kappa shape index (κ3) is 50.1. The van der Waals surface area contributed by atoms with Crippen LogP contribution in [0.1, 0.15) is 6.42 Å². The summed E-state index contributed by atoms with van der Waals surface area (Å²) < 4.78 is 106. The predicted molar refractivity (Wildman–Crippen MR) is 234 cm³/mol. The zero-order valence-corrected chi connectivity index (χ0v) is 39.3. The molecule has 63 heavy (non-hydrogen) atoms. The number of rotatable bonds is 56. The Labute approximate surface area is 379 Å². The van der Waals surface area contributed by atoms with E-state index >= 15 is 0 Å². The summed E-state index contributed by atoms with van der Waals surface area (Å²) >= 11 is 0. The first-order valence-corrected chi connectivity index (χ1v) is 22.3. The van der Waals surface area contributed by atoms with Crippen LogP contribution < -0.4 is 0 Å². The van der Waals surface area contributed by atoms with Crippen LogP contribution >= 0.6 is 0 Å². The van der Waals surface area contributed by atoms with E-state index in [0.717, 1.165) is 0 Å². The van der Waals surface area contributed by atoms with Crippen molar-refractivity contribution in [3.8, 4) is 12.3 Å². The first-order valence-electron chi connectivity index (χ1n) is 22.3. The van der Waals surface area contributed by atoms with E-state index in [0.29, 0.717) is 231 Å². The molecule has 0 fully saturated rings. The van der Waals surface area contributed by atoms with Gasteiger partial charge in [0.2, 0.25) is 0 Å². The molecule has 0 saturated heterocycles. The Bertz CT molecular complexity index is 783. The first-order chi connectivity index (χ1) is 31.2. The van der Waals surface area contributed by atoms with Crippen LogP contribution in [0.25, 0.3) is 0 Å². The lowest BCUT2D eigenvalue weighted by atomic mass is 10.1. The van der Waals surface area contributed by atoms with Crippen molar-refractivity contribution in [3.05, 3.63) is 0 Å². The molecule has 0 bridgehead atoms. The summed E-state index contributed by atoms with van der Waals surface area (Å²) in [5.41, 5.74) is 0. The fourth-order valence-corrected chi connectivity index (χ4v) is 4.95. The molecule has 0 aliphatic carbocycles. The van der Waals surface area contributed by atoms with Gasteiger partial charge in [0.05, 0.1) is 225 Å². The summed E-state index contributed by atoms with van der Waals surface area (Å²) in [7, 11) is 6.56. The van der Waals surface area contributed by atoms with Crippen LogP contribution in [0, 0.1) is 30.1 Å². The summed E-state index contributed by atoms with van der Waals surface area (Å²) in [6.45, 7) is 16.1. The lowest BCUT2D eigenvalue weighted by Crippen LogP contribution is -2.29. The maximum atomic E-state index is 6.25. The minimum Gasteiger partial charge on any atom is -0.382 e. The zero-order valence-electron chi connectivity index (χ0n) is 39.3. The van der Waals surface area contributed by atoms with Crippen molar-refractivity contribution in [2.75, 3.05) is 253 Å². The van der Waals surface area contributed by atoms with Crippen molar-refractivity contribution in [2.24, 2.45) is 17.8 Å². The monoisotopic (exact) mass is 919 g/mol. The highest BCUT2D eigenvalue weighted by atomic mass is 16.6. The number of ether oxygens (including phenoxy) is 19. The van der Waals surface area contributed by atoms with E-state index in [1.54, 1.807) is 28.4 Å². The van der Waals surface area contributed by atoms with Gasteiger partial charge < -0.3 is 90.0 Å². The van der Waals surface area contributed by atoms with Crippen molar-refractivity contribution in [3.63, 3.8) is 0 Å². The number of methoxy groups -OCH3 is 4. The molecule has 19 heteroatoms. The largest absolute Gasteiger partial charge is 0.382 e. The molecule has 0 heterocycles. The average molecular weight is 919 g/mol. The highest BCUT2D eigenvalue weighted by Crippen LogP contribution is 2.08. The van der Waals surface area contributed by atoms with Crippen LogP contribution in [0.5, 0.6) is 0 Å². The molecule has 19 nitrogen and oxygen atoms in total. The molecule has 0 rings (SSSR count). The van der Waals surface area contributed by atoms with Crippen molar-refractivity contribution in [1.29, 1.82) is 0 Å². The Balaban J connectivity index is 5.03. The summed E-state index contributed by atoms with van der Waals surface area (Å²) in [4.78, 5) is 0. The van der Waals surface area contributed by atoms with Gasteiger partial charge in [0.25, 0.3) is 0 Å². The van der Waals surface area contributed by atoms with E-state index in [-0.39, 0.29) is 17.8 Å². The molecule has 0 amide bonds. The molecule has 0 aromatic carbocycles. The first kappa shape index (κ1) is 61.8. The highest BCUT2D eigenvalue weighted by molar-refractivity contribution is 4.82. The lowest BCUT2D eigenvalue weighted by Gasteiger charge is -2.22. The summed E-state index contributed by atoms with van der Waals surface area (Å²) in [5, 5.41) is 0. The minimum absolute atomic E-state index is 0.0262. The van der Waals surface area contributed by atoms with Crippen LogP contribution in [0.4, 0.5) is 0 Å². The molecule has 0 atom stereocenters. The van der Waals surface area contributed by atoms with Crippen LogP contribution in [-0.2, 0) is 90.0 Å². The van der Waals surface area contributed by atoms with Crippen molar-refractivity contribution in [2.45, 2.75) is 6.42 Å². The average Bonchev–Trinajstić information content (AvgIpc) is 3.29. The molecule has 376 valence electrons. The normalized spacial score (nSPS) is 11.8. The molecule has 0 N–H and O–H groups in total. The Morgan fingerprint density at radius 3 is 0.619 bits per heavy atom. The van der Waals surface area contributed by atoms with E-state index in [1.807, 2.05) is 0 Å². The molecule has 0 saturated carbocycles. The fraction of sp³-hybridized carbons (Fsp3) is 0.955. The molecular weight excluding hydrogens is 832 g/mol. The quantitative estimate of drug-likeness (QED) is 0.0636. The summed E-state index contributed by atoms with van der Waals surface area (Å²) in [6, 6.07) is 0. The summed E-state index contributed by atoms with van der Waals surface area (Å²) in [6.07, 6.45) is 5.98. The van der Waals surface area contributed by atoms with E-state index in [4.69, 9.17) is 96.4 Å². The number of hydrogen-bond donors (Lipinski definition) is 0. The third-order valence-electron chi connectivity index (χ3n) is 8.28. The van der Waals surface area contributed by atoms with Crippen molar-refractivity contribution < 1.29 is 90.0 Å². The van der Waals surface area contributed by atoms with Gasteiger partial charge in [-0.1, -0.05) is 0 Å². The van der Waals surface area contributed by atoms with Gasteiger partial charge in [-0.25, -0.2) is 0 Å². The molecule has 0 aliphatic rings. The molecular formula is C44H86O19. The van der Waals surface area contributed by atoms with Gasteiger partial charge in [0.1, 0.15) is 0 Å². The Hall–Kier alpha value is -1.20. The second kappa shape index (κ2) is 55.1. The Kier molecular flexibility index (Phi) is 54.1. The number of terminal acetylenes is 1. The van der Waals surface area contributed by atoms with Crippen molar-refractivity contribution in [1.82, 2.24) is 0 Å². The van der Waals surface area contributed by atoms with Gasteiger partial charge in [0, 0.05) is 52.6 Å². The number of hydrogen-bond acceptors (Lipinski definition) is 19. The van der Waals surface area contributed by atoms with Crippen LogP contribution in [0.2, 0.25) is 0 Å². The summed E-state index contributed by atoms with van der Waals surface area (Å²) in [5.74, 6) is 2.52. The van der Waals surface area contributed by atoms with Gasteiger partial charge in [-0.2, -0.15) is 0 Å². The van der Waals surface area contributed by atoms with Gasteiger partial charge in [-0.15, -0.1) is 12.3 Å². The standard InChI is InChI=1S/C44H86O19/c1-6-7-8-57-33-44(40-62-38-42(34-58-29-25-53-21-17-49-13-9-45-2)35-59-30-26-54-22-18-50-14-10-46-3)41-63-39-43(36-60-31-27-55-23-19-51-15-11-47-4)37-61-32-28-56-24-20-52-16-12-48-5/h1,42-44H,7-41H2,2-5H3. The molecule has 0 aliphatic heterocycles.